The van der Waals surface area contributed by atoms with Crippen molar-refractivity contribution in [3.63, 3.8) is 0 Å². The number of nitrogens with one attached hydrogen (secondary N) is 1. The Morgan fingerprint density at radius 1 is 1.52 bits per heavy atom. The molecule has 7 heteroatoms. The van der Waals surface area contributed by atoms with Crippen molar-refractivity contribution in [2.75, 3.05) is 19.8 Å². The number of hydrogen-bond donors (Lipinski definition) is 2. The molecular formula is C14H25BrN4O2. The van der Waals surface area contributed by atoms with Crippen molar-refractivity contribution in [3.8, 4) is 0 Å². The molecule has 0 amide bonds. The summed E-state index contributed by atoms with van der Waals surface area (Å²) >= 11 is 3.60. The highest BCUT2D eigenvalue weighted by atomic mass is 79.9. The van der Waals surface area contributed by atoms with Gasteiger partial charge in [0.15, 0.2) is 0 Å². The molecule has 1 unspecified atom stereocenters. The van der Waals surface area contributed by atoms with Crippen LogP contribution in [0.4, 0.5) is 0 Å². The van der Waals surface area contributed by atoms with E-state index in [0.717, 1.165) is 36.0 Å². The highest BCUT2D eigenvalue weighted by Gasteiger charge is 2.44. The van der Waals surface area contributed by atoms with Crippen LogP contribution in [0.5, 0.6) is 0 Å². The van der Waals surface area contributed by atoms with Crippen molar-refractivity contribution in [2.45, 2.75) is 51.3 Å². The lowest BCUT2D eigenvalue weighted by Crippen LogP contribution is -2.52. The molecule has 1 aliphatic heterocycles. The number of aryl methyl sites for hydroxylation is 1. The number of halogens is 1. The molecule has 1 aromatic heterocycles. The zero-order valence-electron chi connectivity index (χ0n) is 12.8. The SMILES string of the molecule is CCCn1ncc(Br)c1C(NN)C1(OCC)CCOCC1. The molecule has 0 bridgehead atoms. The van der Waals surface area contributed by atoms with Crippen LogP contribution in [-0.2, 0) is 16.0 Å². The quantitative estimate of drug-likeness (QED) is 0.575. The maximum absolute atomic E-state index is 6.15. The summed E-state index contributed by atoms with van der Waals surface area (Å²) in [6.07, 6.45) is 4.48. The minimum atomic E-state index is -0.351. The van der Waals surface area contributed by atoms with Gasteiger partial charge in [-0.15, -0.1) is 0 Å². The smallest absolute Gasteiger partial charge is 0.0948 e. The molecule has 0 aromatic carbocycles. The number of hydrogen-bond acceptors (Lipinski definition) is 5. The summed E-state index contributed by atoms with van der Waals surface area (Å²) in [5.74, 6) is 5.91. The molecule has 2 heterocycles. The summed E-state index contributed by atoms with van der Waals surface area (Å²) < 4.78 is 14.6. The first-order chi connectivity index (χ1) is 10.2. The summed E-state index contributed by atoms with van der Waals surface area (Å²) in [5.41, 5.74) is 3.67. The fourth-order valence-corrected chi connectivity index (χ4v) is 3.57. The van der Waals surface area contributed by atoms with Crippen molar-refractivity contribution >= 4 is 15.9 Å². The average molecular weight is 361 g/mol. The second-order valence-corrected chi connectivity index (χ2v) is 6.17. The first-order valence-corrected chi connectivity index (χ1v) is 8.36. The third-order valence-corrected chi connectivity index (χ3v) is 4.62. The lowest BCUT2D eigenvalue weighted by atomic mass is 9.84. The predicted molar refractivity (Wildman–Crippen MR) is 84.7 cm³/mol. The zero-order chi connectivity index (χ0) is 15.3. The second kappa shape index (κ2) is 7.69. The molecule has 0 spiro atoms. The van der Waals surface area contributed by atoms with Gasteiger partial charge in [-0.05, 0) is 29.3 Å². The molecule has 0 aliphatic carbocycles. The van der Waals surface area contributed by atoms with Crippen molar-refractivity contribution in [1.82, 2.24) is 15.2 Å². The Bertz CT molecular complexity index is 441. The highest BCUT2D eigenvalue weighted by molar-refractivity contribution is 9.10. The van der Waals surface area contributed by atoms with E-state index < -0.39 is 0 Å². The standard InChI is InChI=1S/C14H25BrN4O2/c1-3-7-19-12(11(15)10-17-19)13(18-16)14(21-4-2)5-8-20-9-6-14/h10,13,18H,3-9,16H2,1-2H3. The van der Waals surface area contributed by atoms with Gasteiger partial charge in [0.05, 0.1) is 28.0 Å². The minimum Gasteiger partial charge on any atom is -0.381 e. The van der Waals surface area contributed by atoms with E-state index >= 15 is 0 Å². The number of aromatic nitrogens is 2. The summed E-state index contributed by atoms with van der Waals surface area (Å²) in [6, 6.07) is -0.121. The molecule has 0 saturated carbocycles. The fraction of sp³-hybridized carbons (Fsp3) is 0.786. The number of hydrazine groups is 1. The molecule has 1 atom stereocenters. The van der Waals surface area contributed by atoms with Crippen LogP contribution in [0.1, 0.15) is 44.8 Å². The van der Waals surface area contributed by atoms with Gasteiger partial charge in [-0.25, -0.2) is 5.43 Å². The van der Waals surface area contributed by atoms with Gasteiger partial charge in [-0.3, -0.25) is 10.5 Å². The molecule has 1 fully saturated rings. The van der Waals surface area contributed by atoms with Crippen LogP contribution in [0.15, 0.2) is 10.7 Å². The Balaban J connectivity index is 2.38. The van der Waals surface area contributed by atoms with Gasteiger partial charge < -0.3 is 9.47 Å². The molecular weight excluding hydrogens is 336 g/mol. The molecule has 0 radical (unpaired) electrons. The lowest BCUT2D eigenvalue weighted by Gasteiger charge is -2.43. The molecule has 6 nitrogen and oxygen atoms in total. The molecule has 120 valence electrons. The molecule has 1 aliphatic rings. The highest BCUT2D eigenvalue weighted by Crippen LogP contribution is 2.39. The summed E-state index contributed by atoms with van der Waals surface area (Å²) in [4.78, 5) is 0. The van der Waals surface area contributed by atoms with Gasteiger partial charge in [0, 0.05) is 39.2 Å². The van der Waals surface area contributed by atoms with Crippen LogP contribution in [0.2, 0.25) is 0 Å². The fourth-order valence-electron chi connectivity index (χ4n) is 3.05. The largest absolute Gasteiger partial charge is 0.381 e. The monoisotopic (exact) mass is 360 g/mol. The first kappa shape index (κ1) is 16.9. The Kier molecular flexibility index (Phi) is 6.19. The molecule has 2 rings (SSSR count). The number of ether oxygens (including phenoxy) is 2. The molecule has 3 N–H and O–H groups in total. The second-order valence-electron chi connectivity index (χ2n) is 5.31. The molecule has 21 heavy (non-hydrogen) atoms. The molecule has 1 aromatic rings. The third kappa shape index (κ3) is 3.48. The van der Waals surface area contributed by atoms with Crippen molar-refractivity contribution in [2.24, 2.45) is 5.84 Å². The van der Waals surface area contributed by atoms with Gasteiger partial charge in [-0.2, -0.15) is 5.10 Å². The Morgan fingerprint density at radius 3 is 2.81 bits per heavy atom. The molecule has 1 saturated heterocycles. The van der Waals surface area contributed by atoms with Gasteiger partial charge in [0.2, 0.25) is 0 Å². The number of nitrogens with two attached hydrogens (primary N) is 1. The first-order valence-electron chi connectivity index (χ1n) is 7.57. The van der Waals surface area contributed by atoms with Crippen LogP contribution in [-0.4, -0.2) is 35.2 Å². The van der Waals surface area contributed by atoms with Gasteiger partial charge in [-0.1, -0.05) is 6.92 Å². The van der Waals surface area contributed by atoms with Crippen molar-refractivity contribution in [3.05, 3.63) is 16.4 Å². The maximum Gasteiger partial charge on any atom is 0.0948 e. The van der Waals surface area contributed by atoms with E-state index in [2.05, 4.69) is 33.4 Å². The summed E-state index contributed by atoms with van der Waals surface area (Å²) in [5, 5.41) is 4.45. The van der Waals surface area contributed by atoms with Crippen LogP contribution >= 0.6 is 15.9 Å². The Labute approximate surface area is 134 Å². The van der Waals surface area contributed by atoms with Crippen molar-refractivity contribution in [1.29, 1.82) is 0 Å². The van der Waals surface area contributed by atoms with E-state index in [-0.39, 0.29) is 11.6 Å². The van der Waals surface area contributed by atoms with E-state index in [4.69, 9.17) is 15.3 Å². The summed E-state index contributed by atoms with van der Waals surface area (Å²) in [7, 11) is 0. The van der Waals surface area contributed by atoms with Crippen LogP contribution in [0.3, 0.4) is 0 Å². The lowest BCUT2D eigenvalue weighted by molar-refractivity contribution is -0.129. The number of nitrogens with zero attached hydrogens (tertiary/aromatic N) is 2. The van der Waals surface area contributed by atoms with Gasteiger partial charge in [0.25, 0.3) is 0 Å². The van der Waals surface area contributed by atoms with E-state index in [9.17, 15) is 0 Å². The summed E-state index contributed by atoms with van der Waals surface area (Å²) in [6.45, 7) is 7.05. The van der Waals surface area contributed by atoms with Crippen LogP contribution in [0, 0.1) is 0 Å². The van der Waals surface area contributed by atoms with Crippen LogP contribution < -0.4 is 11.3 Å². The van der Waals surface area contributed by atoms with Crippen LogP contribution in [0.25, 0.3) is 0 Å². The van der Waals surface area contributed by atoms with Gasteiger partial charge >= 0.3 is 0 Å². The van der Waals surface area contributed by atoms with Gasteiger partial charge in [0.1, 0.15) is 0 Å². The van der Waals surface area contributed by atoms with Crippen molar-refractivity contribution < 1.29 is 9.47 Å². The van der Waals surface area contributed by atoms with E-state index in [1.807, 2.05) is 17.8 Å². The third-order valence-electron chi connectivity index (χ3n) is 4.01. The minimum absolute atomic E-state index is 0.121. The Hall–Kier alpha value is -0.470. The van der Waals surface area contributed by atoms with E-state index in [1.165, 1.54) is 0 Å². The number of rotatable bonds is 7. The normalized spacial score (nSPS) is 19.6. The average Bonchev–Trinajstić information content (AvgIpc) is 2.83. The predicted octanol–water partition coefficient (Wildman–Crippen LogP) is 2.15. The topological polar surface area (TPSA) is 74.3 Å². The zero-order valence-corrected chi connectivity index (χ0v) is 14.4. The maximum atomic E-state index is 6.15. The Morgan fingerprint density at radius 2 is 2.24 bits per heavy atom. The van der Waals surface area contributed by atoms with E-state index in [0.29, 0.717) is 19.8 Å². The van der Waals surface area contributed by atoms with E-state index in [1.54, 1.807) is 0 Å².